The van der Waals surface area contributed by atoms with Gasteiger partial charge in [-0.15, -0.1) is 23.2 Å². The lowest BCUT2D eigenvalue weighted by atomic mass is 10.4. The van der Waals surface area contributed by atoms with Crippen LogP contribution < -0.4 is 0 Å². The van der Waals surface area contributed by atoms with E-state index in [-0.39, 0.29) is 0 Å². The fourth-order valence-corrected chi connectivity index (χ4v) is 1.86. The van der Waals surface area contributed by atoms with Gasteiger partial charge in [0.05, 0.1) is 0 Å². The van der Waals surface area contributed by atoms with E-state index in [1.165, 1.54) is 0 Å². The molecular weight excluding hydrogens is 219 g/mol. The van der Waals surface area contributed by atoms with E-state index in [2.05, 4.69) is 23.6 Å². The van der Waals surface area contributed by atoms with Crippen molar-refractivity contribution in [2.75, 3.05) is 51.0 Å². The maximum absolute atomic E-state index is 5.71. The molecule has 14 heavy (non-hydrogen) atoms. The van der Waals surface area contributed by atoms with Gasteiger partial charge in [0.1, 0.15) is 0 Å². The van der Waals surface area contributed by atoms with E-state index in [1.54, 1.807) is 0 Å². The predicted molar refractivity (Wildman–Crippen MR) is 65.7 cm³/mol. The highest BCUT2D eigenvalue weighted by Gasteiger charge is 2.05. The van der Waals surface area contributed by atoms with Crippen LogP contribution in [0.25, 0.3) is 0 Å². The van der Waals surface area contributed by atoms with Crippen LogP contribution in [-0.2, 0) is 0 Å². The number of alkyl halides is 2. The third kappa shape index (κ3) is 6.88. The van der Waals surface area contributed by atoms with Gasteiger partial charge in [0.25, 0.3) is 0 Å². The summed E-state index contributed by atoms with van der Waals surface area (Å²) in [5.74, 6) is 1.44. The van der Waals surface area contributed by atoms with Crippen LogP contribution in [0.2, 0.25) is 0 Å². The van der Waals surface area contributed by atoms with Gasteiger partial charge in [-0.3, -0.25) is 0 Å². The molecule has 0 rings (SSSR count). The van der Waals surface area contributed by atoms with Crippen LogP contribution >= 0.6 is 23.2 Å². The van der Waals surface area contributed by atoms with Crippen LogP contribution in [0.4, 0.5) is 0 Å². The van der Waals surface area contributed by atoms with Crippen molar-refractivity contribution in [3.63, 3.8) is 0 Å². The Bertz CT molecular complexity index is 109. The first-order chi connectivity index (χ1) is 6.78. The number of halogens is 2. The van der Waals surface area contributed by atoms with Crippen molar-refractivity contribution >= 4 is 23.2 Å². The number of likely N-dealkylation sites (N-methyl/N-ethyl adjacent to an activating group) is 2. The molecule has 0 radical (unpaired) electrons. The molecule has 0 aromatic rings. The van der Waals surface area contributed by atoms with Crippen molar-refractivity contribution < 1.29 is 0 Å². The van der Waals surface area contributed by atoms with E-state index in [9.17, 15) is 0 Å². The minimum absolute atomic E-state index is 0.718. The van der Waals surface area contributed by atoms with Gasteiger partial charge in [-0.25, -0.2) is 0 Å². The molecule has 0 N–H and O–H groups in total. The average Bonchev–Trinajstić information content (AvgIpc) is 2.22. The highest BCUT2D eigenvalue weighted by atomic mass is 35.5. The van der Waals surface area contributed by atoms with Gasteiger partial charge in [-0.1, -0.05) is 13.8 Å². The first-order valence-corrected chi connectivity index (χ1v) is 6.42. The van der Waals surface area contributed by atoms with Crippen molar-refractivity contribution in [1.82, 2.24) is 9.80 Å². The molecule has 0 heterocycles. The molecule has 0 aromatic carbocycles. The lowest BCUT2D eigenvalue weighted by Gasteiger charge is -2.24. The van der Waals surface area contributed by atoms with Crippen LogP contribution in [0.15, 0.2) is 0 Å². The summed E-state index contributed by atoms with van der Waals surface area (Å²) < 4.78 is 0. The summed E-state index contributed by atoms with van der Waals surface area (Å²) in [5, 5.41) is 0. The van der Waals surface area contributed by atoms with E-state index in [0.29, 0.717) is 0 Å². The summed E-state index contributed by atoms with van der Waals surface area (Å²) in [6.45, 7) is 10.6. The number of hydrogen-bond donors (Lipinski definition) is 0. The molecule has 0 aliphatic heterocycles. The van der Waals surface area contributed by atoms with Gasteiger partial charge in [0, 0.05) is 37.9 Å². The Morgan fingerprint density at radius 2 is 1.07 bits per heavy atom. The molecule has 0 saturated carbocycles. The summed E-state index contributed by atoms with van der Waals surface area (Å²) in [6, 6.07) is 0. The zero-order valence-corrected chi connectivity index (χ0v) is 10.8. The van der Waals surface area contributed by atoms with Crippen molar-refractivity contribution in [1.29, 1.82) is 0 Å². The summed E-state index contributed by atoms with van der Waals surface area (Å²) in [5.41, 5.74) is 0. The van der Waals surface area contributed by atoms with E-state index >= 15 is 0 Å². The Hall–Kier alpha value is 0.500. The van der Waals surface area contributed by atoms with Crippen LogP contribution in [-0.4, -0.2) is 60.8 Å². The second-order valence-electron chi connectivity index (χ2n) is 3.25. The largest absolute Gasteiger partial charge is 0.301 e. The Balaban J connectivity index is 3.63. The van der Waals surface area contributed by atoms with E-state index < -0.39 is 0 Å². The Kier molecular flexibility index (Phi) is 10.4. The first-order valence-electron chi connectivity index (χ1n) is 5.35. The SMILES string of the molecule is CCN(CCCl)CCN(CC)CCCl. The zero-order valence-electron chi connectivity index (χ0n) is 9.31. The van der Waals surface area contributed by atoms with Crippen LogP contribution in [0.1, 0.15) is 13.8 Å². The quantitative estimate of drug-likeness (QED) is 0.570. The van der Waals surface area contributed by atoms with E-state index in [1.807, 2.05) is 0 Å². The second-order valence-corrected chi connectivity index (χ2v) is 4.00. The Labute approximate surface area is 98.1 Å². The molecule has 0 bridgehead atoms. The monoisotopic (exact) mass is 240 g/mol. The molecular formula is C10H22Cl2N2. The van der Waals surface area contributed by atoms with Crippen LogP contribution in [0, 0.1) is 0 Å². The lowest BCUT2D eigenvalue weighted by molar-refractivity contribution is 0.229. The maximum atomic E-state index is 5.71. The third-order valence-corrected chi connectivity index (χ3v) is 2.77. The van der Waals surface area contributed by atoms with Gasteiger partial charge in [-0.2, -0.15) is 0 Å². The predicted octanol–water partition coefficient (Wildman–Crippen LogP) is 2.11. The summed E-state index contributed by atoms with van der Waals surface area (Å²) in [6.07, 6.45) is 0. The zero-order chi connectivity index (χ0) is 10.8. The highest BCUT2D eigenvalue weighted by Crippen LogP contribution is 1.94. The average molecular weight is 241 g/mol. The molecule has 0 aromatic heterocycles. The third-order valence-electron chi connectivity index (χ3n) is 2.43. The second kappa shape index (κ2) is 10.0. The molecule has 0 fully saturated rings. The van der Waals surface area contributed by atoms with Gasteiger partial charge in [-0.05, 0) is 13.1 Å². The molecule has 0 spiro atoms. The molecule has 86 valence electrons. The maximum Gasteiger partial charge on any atom is 0.0351 e. The summed E-state index contributed by atoms with van der Waals surface area (Å²) in [7, 11) is 0. The summed E-state index contributed by atoms with van der Waals surface area (Å²) >= 11 is 11.4. The fourth-order valence-electron chi connectivity index (χ4n) is 1.38. The molecule has 0 amide bonds. The lowest BCUT2D eigenvalue weighted by Crippen LogP contribution is -2.36. The molecule has 2 nitrogen and oxygen atoms in total. The number of rotatable bonds is 9. The standard InChI is InChI=1S/C10H22Cl2N2/c1-3-13(7-5-11)9-10-14(4-2)8-6-12/h3-10H2,1-2H3. The molecule has 0 aliphatic carbocycles. The molecule has 0 saturated heterocycles. The van der Waals surface area contributed by atoms with E-state index in [4.69, 9.17) is 23.2 Å². The number of hydrogen-bond acceptors (Lipinski definition) is 2. The smallest absolute Gasteiger partial charge is 0.0351 e. The normalized spacial score (nSPS) is 11.6. The minimum atomic E-state index is 0.718. The van der Waals surface area contributed by atoms with Crippen LogP contribution in [0.5, 0.6) is 0 Å². The van der Waals surface area contributed by atoms with Gasteiger partial charge in [0.15, 0.2) is 0 Å². The fraction of sp³-hybridized carbons (Fsp3) is 1.00. The molecule has 4 heteroatoms. The Morgan fingerprint density at radius 3 is 1.29 bits per heavy atom. The minimum Gasteiger partial charge on any atom is -0.301 e. The van der Waals surface area contributed by atoms with E-state index in [0.717, 1.165) is 51.0 Å². The summed E-state index contributed by atoms with van der Waals surface area (Å²) in [4.78, 5) is 4.73. The van der Waals surface area contributed by atoms with Gasteiger partial charge in [0.2, 0.25) is 0 Å². The topological polar surface area (TPSA) is 6.48 Å². The van der Waals surface area contributed by atoms with Crippen molar-refractivity contribution in [2.45, 2.75) is 13.8 Å². The van der Waals surface area contributed by atoms with Crippen LogP contribution in [0.3, 0.4) is 0 Å². The van der Waals surface area contributed by atoms with Gasteiger partial charge >= 0.3 is 0 Å². The number of nitrogens with zero attached hydrogens (tertiary/aromatic N) is 2. The van der Waals surface area contributed by atoms with Crippen molar-refractivity contribution in [2.24, 2.45) is 0 Å². The molecule has 0 aliphatic rings. The van der Waals surface area contributed by atoms with Gasteiger partial charge < -0.3 is 9.80 Å². The first kappa shape index (κ1) is 14.5. The van der Waals surface area contributed by atoms with Crippen molar-refractivity contribution in [3.8, 4) is 0 Å². The molecule has 0 atom stereocenters. The molecule has 0 unspecified atom stereocenters. The van der Waals surface area contributed by atoms with Crippen molar-refractivity contribution in [3.05, 3.63) is 0 Å². The highest BCUT2D eigenvalue weighted by molar-refractivity contribution is 6.18. The Morgan fingerprint density at radius 1 is 0.714 bits per heavy atom.